The smallest absolute Gasteiger partial charge is 0.123 e. The first kappa shape index (κ1) is 19.9. The Balaban J connectivity index is 1.81. The molecule has 1 fully saturated rings. The first-order valence-electron chi connectivity index (χ1n) is 9.20. The molecule has 27 heavy (non-hydrogen) atoms. The first-order valence-corrected chi connectivity index (χ1v) is 9.20. The van der Waals surface area contributed by atoms with Gasteiger partial charge in [-0.15, -0.1) is 0 Å². The van der Waals surface area contributed by atoms with E-state index in [1.54, 1.807) is 0 Å². The number of piperidine rings is 1. The predicted molar refractivity (Wildman–Crippen MR) is 98.1 cm³/mol. The van der Waals surface area contributed by atoms with Crippen molar-refractivity contribution in [2.45, 2.75) is 37.1 Å². The summed E-state index contributed by atoms with van der Waals surface area (Å²) in [5, 5.41) is 31.6. The fourth-order valence-electron chi connectivity index (χ4n) is 3.66. The lowest BCUT2D eigenvalue weighted by molar-refractivity contribution is -0.00533. The van der Waals surface area contributed by atoms with Gasteiger partial charge in [0.1, 0.15) is 17.2 Å². The summed E-state index contributed by atoms with van der Waals surface area (Å²) in [5.41, 5.74) is -0.705. The van der Waals surface area contributed by atoms with Crippen LogP contribution in [0.25, 0.3) is 0 Å². The van der Waals surface area contributed by atoms with Gasteiger partial charge in [-0.3, -0.25) is 0 Å². The zero-order valence-electron chi connectivity index (χ0n) is 15.1. The van der Waals surface area contributed by atoms with Crippen LogP contribution < -0.4 is 0 Å². The van der Waals surface area contributed by atoms with Crippen molar-refractivity contribution in [1.82, 2.24) is 4.90 Å². The average Bonchev–Trinajstić information content (AvgIpc) is 2.64. The predicted octanol–water partition coefficient (Wildman–Crippen LogP) is 2.41. The quantitative estimate of drug-likeness (QED) is 0.724. The van der Waals surface area contributed by atoms with Gasteiger partial charge in [-0.1, -0.05) is 24.3 Å². The molecule has 0 unspecified atom stereocenters. The summed E-state index contributed by atoms with van der Waals surface area (Å²) in [7, 11) is 0. The minimum Gasteiger partial charge on any atom is -0.393 e. The van der Waals surface area contributed by atoms with E-state index in [9.17, 15) is 24.1 Å². The van der Waals surface area contributed by atoms with Crippen molar-refractivity contribution < 1.29 is 24.1 Å². The Morgan fingerprint density at radius 3 is 1.81 bits per heavy atom. The summed E-state index contributed by atoms with van der Waals surface area (Å²) in [4.78, 5) is 2.05. The molecule has 0 aromatic heterocycles. The zero-order valence-corrected chi connectivity index (χ0v) is 15.1. The zero-order chi connectivity index (χ0) is 19.4. The number of benzene rings is 2. The number of hydrogen-bond acceptors (Lipinski definition) is 4. The van der Waals surface area contributed by atoms with Gasteiger partial charge in [-0.2, -0.15) is 0 Å². The van der Waals surface area contributed by atoms with Gasteiger partial charge in [0.15, 0.2) is 0 Å². The van der Waals surface area contributed by atoms with Crippen LogP contribution in [0.2, 0.25) is 0 Å². The molecule has 3 rings (SSSR count). The molecule has 0 bridgehead atoms. The third kappa shape index (κ3) is 4.90. The SMILES string of the molecule is OC1CCN(C[C@H](O)CC(O)(c2ccc(F)cc2)c2ccc(F)cc2)CC1. The Labute approximate surface area is 157 Å². The van der Waals surface area contributed by atoms with Gasteiger partial charge in [0.2, 0.25) is 0 Å². The van der Waals surface area contributed by atoms with E-state index >= 15 is 0 Å². The summed E-state index contributed by atoms with van der Waals surface area (Å²) >= 11 is 0. The van der Waals surface area contributed by atoms with Crippen molar-refractivity contribution in [2.24, 2.45) is 0 Å². The van der Waals surface area contributed by atoms with Crippen LogP contribution in [0.4, 0.5) is 8.78 Å². The molecule has 0 radical (unpaired) electrons. The molecule has 1 heterocycles. The van der Waals surface area contributed by atoms with Gasteiger partial charge in [0, 0.05) is 26.1 Å². The van der Waals surface area contributed by atoms with E-state index in [2.05, 4.69) is 0 Å². The second-order valence-electron chi connectivity index (χ2n) is 7.26. The second-order valence-corrected chi connectivity index (χ2v) is 7.26. The van der Waals surface area contributed by atoms with Crippen LogP contribution in [0.3, 0.4) is 0 Å². The summed E-state index contributed by atoms with van der Waals surface area (Å²) < 4.78 is 26.7. The molecule has 146 valence electrons. The highest BCUT2D eigenvalue weighted by Crippen LogP contribution is 2.34. The lowest BCUT2D eigenvalue weighted by Crippen LogP contribution is -2.43. The van der Waals surface area contributed by atoms with Gasteiger partial charge in [0.25, 0.3) is 0 Å². The fraction of sp³-hybridized carbons (Fsp3) is 0.429. The van der Waals surface area contributed by atoms with E-state index in [-0.39, 0.29) is 12.5 Å². The summed E-state index contributed by atoms with van der Waals surface area (Å²) in [6.07, 6.45) is 0.164. The largest absolute Gasteiger partial charge is 0.393 e. The van der Waals surface area contributed by atoms with E-state index in [1.807, 2.05) is 4.90 Å². The molecule has 1 aliphatic heterocycles. The molecule has 4 nitrogen and oxygen atoms in total. The van der Waals surface area contributed by atoms with E-state index in [0.717, 1.165) is 0 Å². The Bertz CT molecular complexity index is 683. The van der Waals surface area contributed by atoms with Crippen LogP contribution in [0.1, 0.15) is 30.4 Å². The molecule has 0 amide bonds. The van der Waals surface area contributed by atoms with Crippen molar-refractivity contribution in [3.8, 4) is 0 Å². The molecule has 0 aliphatic carbocycles. The summed E-state index contributed by atoms with van der Waals surface area (Å²) in [6, 6.07) is 10.9. The van der Waals surface area contributed by atoms with Crippen molar-refractivity contribution in [3.05, 3.63) is 71.3 Å². The molecule has 6 heteroatoms. The topological polar surface area (TPSA) is 63.9 Å². The Morgan fingerprint density at radius 2 is 1.37 bits per heavy atom. The first-order chi connectivity index (χ1) is 12.9. The lowest BCUT2D eigenvalue weighted by Gasteiger charge is -2.35. The monoisotopic (exact) mass is 377 g/mol. The highest BCUT2D eigenvalue weighted by atomic mass is 19.1. The van der Waals surface area contributed by atoms with Gasteiger partial charge >= 0.3 is 0 Å². The number of aliphatic hydroxyl groups excluding tert-OH is 2. The standard InChI is InChI=1S/C21H25F2NO3/c22-17-5-1-15(2-6-17)21(27,16-3-7-18(23)8-4-16)13-20(26)14-24-11-9-19(25)10-12-24/h1-8,19-20,25-27H,9-14H2/t20-/m1/s1. The maximum Gasteiger partial charge on any atom is 0.123 e. The Hall–Kier alpha value is -1.86. The lowest BCUT2D eigenvalue weighted by atomic mass is 9.81. The molecule has 1 atom stereocenters. The molecule has 0 spiro atoms. The van der Waals surface area contributed by atoms with Crippen LogP contribution in [0.5, 0.6) is 0 Å². The Morgan fingerprint density at radius 1 is 0.926 bits per heavy atom. The van der Waals surface area contributed by atoms with Gasteiger partial charge in [-0.25, -0.2) is 8.78 Å². The van der Waals surface area contributed by atoms with Gasteiger partial charge in [-0.05, 0) is 48.2 Å². The number of rotatable bonds is 6. The Kier molecular flexibility index (Phi) is 6.22. The van der Waals surface area contributed by atoms with E-state index < -0.39 is 23.3 Å². The molecular weight excluding hydrogens is 352 g/mol. The van der Waals surface area contributed by atoms with Crippen LogP contribution in [0, 0.1) is 11.6 Å². The third-order valence-corrected chi connectivity index (χ3v) is 5.20. The van der Waals surface area contributed by atoms with Crippen LogP contribution in [-0.2, 0) is 5.60 Å². The van der Waals surface area contributed by atoms with Crippen LogP contribution >= 0.6 is 0 Å². The van der Waals surface area contributed by atoms with Crippen molar-refractivity contribution >= 4 is 0 Å². The fourth-order valence-corrected chi connectivity index (χ4v) is 3.66. The maximum atomic E-state index is 13.3. The van der Waals surface area contributed by atoms with Gasteiger partial charge < -0.3 is 20.2 Å². The second kappa shape index (κ2) is 8.44. The normalized spacial score (nSPS) is 17.8. The summed E-state index contributed by atoms with van der Waals surface area (Å²) in [6.45, 7) is 1.73. The van der Waals surface area contributed by atoms with Crippen LogP contribution in [-0.4, -0.2) is 52.1 Å². The van der Waals surface area contributed by atoms with Crippen molar-refractivity contribution in [1.29, 1.82) is 0 Å². The molecule has 1 aliphatic rings. The average molecular weight is 377 g/mol. The van der Waals surface area contributed by atoms with E-state index in [0.29, 0.717) is 43.6 Å². The maximum absolute atomic E-state index is 13.3. The number of halogens is 2. The van der Waals surface area contributed by atoms with E-state index in [1.165, 1.54) is 48.5 Å². The number of nitrogens with zero attached hydrogens (tertiary/aromatic N) is 1. The minimum absolute atomic E-state index is 0.0106. The van der Waals surface area contributed by atoms with E-state index in [4.69, 9.17) is 0 Å². The minimum atomic E-state index is -1.57. The molecule has 2 aromatic rings. The highest BCUT2D eigenvalue weighted by Gasteiger charge is 2.35. The number of β-amino-alcohol motifs (C(OH)–C–C–N with tert-alkyl or cyclic N) is 1. The molecule has 1 saturated heterocycles. The molecule has 0 saturated carbocycles. The highest BCUT2D eigenvalue weighted by molar-refractivity contribution is 5.36. The van der Waals surface area contributed by atoms with Crippen molar-refractivity contribution in [2.75, 3.05) is 19.6 Å². The number of likely N-dealkylation sites (tertiary alicyclic amines) is 1. The molecule has 3 N–H and O–H groups in total. The van der Waals surface area contributed by atoms with Crippen molar-refractivity contribution in [3.63, 3.8) is 0 Å². The van der Waals surface area contributed by atoms with Crippen LogP contribution in [0.15, 0.2) is 48.5 Å². The molecule has 2 aromatic carbocycles. The molecular formula is C21H25F2NO3. The van der Waals surface area contributed by atoms with Gasteiger partial charge in [0.05, 0.1) is 12.2 Å². The number of aliphatic hydroxyl groups is 3. The third-order valence-electron chi connectivity index (χ3n) is 5.20. The number of hydrogen-bond donors (Lipinski definition) is 3. The summed E-state index contributed by atoms with van der Waals surface area (Å²) in [5.74, 6) is -0.847.